The fourth-order valence-electron chi connectivity index (χ4n) is 3.41. The van der Waals surface area contributed by atoms with E-state index in [1.165, 1.54) is 21.3 Å². The van der Waals surface area contributed by atoms with Crippen LogP contribution in [0.4, 0.5) is 5.69 Å². The molecule has 7 nitrogen and oxygen atoms in total. The monoisotopic (exact) mass is 431 g/mol. The number of methoxy groups -OCH3 is 3. The van der Waals surface area contributed by atoms with E-state index in [1.54, 1.807) is 54.6 Å². The molecule has 0 radical (unpaired) electrons. The third-order valence-electron chi connectivity index (χ3n) is 5.05. The standard InChI is InChI=1S/C25H21NO6/c1-29-21-10-8-15(18-12-16-6-4-5-7-20(16)32-25(18)28)13-19(21)26-24(27)17-9-11-22(30-2)23(14-17)31-3/h4-14H,1-3H3,(H,26,27). The van der Waals surface area contributed by atoms with Gasteiger partial charge in [-0.25, -0.2) is 4.79 Å². The maximum Gasteiger partial charge on any atom is 0.344 e. The molecule has 0 saturated heterocycles. The van der Waals surface area contributed by atoms with E-state index in [-0.39, 0.29) is 5.91 Å². The van der Waals surface area contributed by atoms with Gasteiger partial charge in [-0.2, -0.15) is 0 Å². The van der Waals surface area contributed by atoms with E-state index in [2.05, 4.69) is 5.32 Å². The number of nitrogens with one attached hydrogen (secondary N) is 1. The van der Waals surface area contributed by atoms with Crippen molar-refractivity contribution in [3.8, 4) is 28.4 Å². The van der Waals surface area contributed by atoms with Crippen LogP contribution >= 0.6 is 0 Å². The van der Waals surface area contributed by atoms with Crippen molar-refractivity contribution in [1.82, 2.24) is 0 Å². The summed E-state index contributed by atoms with van der Waals surface area (Å²) in [6.07, 6.45) is 0. The molecule has 4 aromatic rings. The number of rotatable bonds is 6. The summed E-state index contributed by atoms with van der Waals surface area (Å²) in [6, 6.07) is 19.0. The van der Waals surface area contributed by atoms with Gasteiger partial charge >= 0.3 is 5.63 Å². The first-order valence-corrected chi connectivity index (χ1v) is 9.78. The van der Waals surface area contributed by atoms with Gasteiger partial charge in [-0.15, -0.1) is 0 Å². The van der Waals surface area contributed by atoms with Crippen LogP contribution < -0.4 is 25.2 Å². The van der Waals surface area contributed by atoms with Crippen LogP contribution in [0.15, 0.2) is 75.9 Å². The van der Waals surface area contributed by atoms with E-state index in [1.807, 2.05) is 12.1 Å². The Bertz CT molecular complexity index is 1360. The first-order valence-electron chi connectivity index (χ1n) is 9.78. The lowest BCUT2D eigenvalue weighted by Crippen LogP contribution is -2.13. The van der Waals surface area contributed by atoms with Crippen LogP contribution in [0.25, 0.3) is 22.1 Å². The smallest absolute Gasteiger partial charge is 0.344 e. The van der Waals surface area contributed by atoms with Crippen LogP contribution in [0.2, 0.25) is 0 Å². The molecule has 0 aliphatic carbocycles. The third kappa shape index (κ3) is 4.00. The number of ether oxygens (including phenoxy) is 3. The molecule has 1 amide bonds. The molecule has 0 aliphatic rings. The van der Waals surface area contributed by atoms with Crippen LogP contribution in [-0.4, -0.2) is 27.2 Å². The normalized spacial score (nSPS) is 10.6. The van der Waals surface area contributed by atoms with Gasteiger partial charge in [-0.05, 0) is 48.0 Å². The average Bonchev–Trinajstić information content (AvgIpc) is 2.83. The van der Waals surface area contributed by atoms with Gasteiger partial charge in [0.25, 0.3) is 5.91 Å². The molecule has 1 aromatic heterocycles. The molecule has 1 N–H and O–H groups in total. The summed E-state index contributed by atoms with van der Waals surface area (Å²) in [7, 11) is 4.53. The highest BCUT2D eigenvalue weighted by Crippen LogP contribution is 2.32. The van der Waals surface area contributed by atoms with E-state index < -0.39 is 5.63 Å². The van der Waals surface area contributed by atoms with Gasteiger partial charge in [0, 0.05) is 10.9 Å². The number of anilines is 1. The number of para-hydroxylation sites is 1. The van der Waals surface area contributed by atoms with Crippen molar-refractivity contribution in [2.24, 2.45) is 0 Å². The molecule has 0 fully saturated rings. The van der Waals surface area contributed by atoms with Crippen molar-refractivity contribution in [3.05, 3.63) is 82.7 Å². The fourth-order valence-corrected chi connectivity index (χ4v) is 3.41. The lowest BCUT2D eigenvalue weighted by Gasteiger charge is -2.13. The Balaban J connectivity index is 1.71. The number of benzene rings is 3. The minimum atomic E-state index is -0.467. The second-order valence-corrected chi connectivity index (χ2v) is 6.92. The molecule has 3 aromatic carbocycles. The lowest BCUT2D eigenvalue weighted by molar-refractivity contribution is 0.102. The average molecular weight is 431 g/mol. The summed E-state index contributed by atoms with van der Waals surface area (Å²) in [5.41, 5.74) is 1.81. The number of carbonyl (C=O) groups excluding carboxylic acids is 1. The number of fused-ring (bicyclic) bond motifs is 1. The van der Waals surface area contributed by atoms with Gasteiger partial charge in [0.05, 0.1) is 32.6 Å². The first-order chi connectivity index (χ1) is 15.5. The molecule has 0 aliphatic heterocycles. The molecule has 7 heteroatoms. The summed E-state index contributed by atoms with van der Waals surface area (Å²) in [6.45, 7) is 0. The molecule has 0 bridgehead atoms. The van der Waals surface area contributed by atoms with Crippen LogP contribution in [0, 0.1) is 0 Å². The summed E-state index contributed by atoms with van der Waals surface area (Å²) in [5.74, 6) is 1.04. The summed E-state index contributed by atoms with van der Waals surface area (Å²) >= 11 is 0. The topological polar surface area (TPSA) is 87.0 Å². The highest BCUT2D eigenvalue weighted by molar-refractivity contribution is 6.05. The van der Waals surface area contributed by atoms with E-state index in [0.717, 1.165) is 5.39 Å². The van der Waals surface area contributed by atoms with Crippen LogP contribution in [0.3, 0.4) is 0 Å². The second-order valence-electron chi connectivity index (χ2n) is 6.92. The lowest BCUT2D eigenvalue weighted by atomic mass is 10.0. The SMILES string of the molecule is COc1ccc(-c2cc3ccccc3oc2=O)cc1NC(=O)c1ccc(OC)c(OC)c1. The predicted molar refractivity (Wildman–Crippen MR) is 122 cm³/mol. The molecule has 1 heterocycles. The summed E-state index contributed by atoms with van der Waals surface area (Å²) < 4.78 is 21.3. The van der Waals surface area contributed by atoms with Crippen molar-refractivity contribution >= 4 is 22.6 Å². The molecular weight excluding hydrogens is 410 g/mol. The van der Waals surface area contributed by atoms with Crippen LogP contribution in [-0.2, 0) is 0 Å². The van der Waals surface area contributed by atoms with Gasteiger partial charge in [0.2, 0.25) is 0 Å². The number of hydrogen-bond acceptors (Lipinski definition) is 6. The van der Waals surface area contributed by atoms with E-state index in [9.17, 15) is 9.59 Å². The Morgan fingerprint density at radius 1 is 0.812 bits per heavy atom. The molecule has 0 atom stereocenters. The summed E-state index contributed by atoms with van der Waals surface area (Å²) in [4.78, 5) is 25.5. The maximum atomic E-state index is 12.9. The predicted octanol–water partition coefficient (Wildman–Crippen LogP) is 4.74. The minimum absolute atomic E-state index is 0.369. The van der Waals surface area contributed by atoms with E-state index in [0.29, 0.717) is 45.2 Å². The molecule has 0 spiro atoms. The zero-order valence-electron chi connectivity index (χ0n) is 17.8. The second kappa shape index (κ2) is 8.85. The molecule has 0 saturated carbocycles. The fraction of sp³-hybridized carbons (Fsp3) is 0.120. The zero-order chi connectivity index (χ0) is 22.7. The van der Waals surface area contributed by atoms with Crippen LogP contribution in [0.5, 0.6) is 17.2 Å². The van der Waals surface area contributed by atoms with Crippen molar-refractivity contribution in [3.63, 3.8) is 0 Å². The molecule has 162 valence electrons. The molecule has 32 heavy (non-hydrogen) atoms. The Kier molecular flexibility index (Phi) is 5.81. The van der Waals surface area contributed by atoms with Gasteiger partial charge in [0.1, 0.15) is 11.3 Å². The zero-order valence-corrected chi connectivity index (χ0v) is 17.8. The summed E-state index contributed by atoms with van der Waals surface area (Å²) in [5, 5.41) is 3.64. The quantitative estimate of drug-likeness (QED) is 0.444. The molecule has 0 unspecified atom stereocenters. The number of hydrogen-bond donors (Lipinski definition) is 1. The number of amides is 1. The van der Waals surface area contributed by atoms with Crippen LogP contribution in [0.1, 0.15) is 10.4 Å². The van der Waals surface area contributed by atoms with Gasteiger partial charge in [-0.3, -0.25) is 4.79 Å². The van der Waals surface area contributed by atoms with E-state index >= 15 is 0 Å². The van der Waals surface area contributed by atoms with Gasteiger partial charge < -0.3 is 23.9 Å². The maximum absolute atomic E-state index is 12.9. The number of carbonyl (C=O) groups is 1. The third-order valence-corrected chi connectivity index (χ3v) is 5.05. The largest absolute Gasteiger partial charge is 0.495 e. The Labute approximate surface area is 184 Å². The molecular formula is C25H21NO6. The van der Waals surface area contributed by atoms with Gasteiger partial charge in [0.15, 0.2) is 11.5 Å². The first kappa shape index (κ1) is 21.0. The Morgan fingerprint density at radius 2 is 1.53 bits per heavy atom. The van der Waals surface area contributed by atoms with Gasteiger partial charge in [-0.1, -0.05) is 24.3 Å². The highest BCUT2D eigenvalue weighted by atomic mass is 16.5. The Hall–Kier alpha value is -4.26. The van der Waals surface area contributed by atoms with Crippen molar-refractivity contribution in [2.45, 2.75) is 0 Å². The van der Waals surface area contributed by atoms with Crippen molar-refractivity contribution in [2.75, 3.05) is 26.6 Å². The van der Waals surface area contributed by atoms with Crippen molar-refractivity contribution < 1.29 is 23.4 Å². The molecule has 4 rings (SSSR count). The van der Waals surface area contributed by atoms with Crippen molar-refractivity contribution in [1.29, 1.82) is 0 Å². The minimum Gasteiger partial charge on any atom is -0.495 e. The highest BCUT2D eigenvalue weighted by Gasteiger charge is 2.15. The van der Waals surface area contributed by atoms with E-state index in [4.69, 9.17) is 18.6 Å². The Morgan fingerprint density at radius 3 is 2.28 bits per heavy atom.